The Morgan fingerprint density at radius 1 is 1.53 bits per heavy atom. The number of carbonyl (C=O) groups is 1. The predicted octanol–water partition coefficient (Wildman–Crippen LogP) is 1.83. The van der Waals surface area contributed by atoms with Gasteiger partial charge in [-0.05, 0) is 36.0 Å². The standard InChI is InChI=1S/C13H19N3O/c1-13(2)6-8(13)7-16-11-4-3-9(14)5-10(11)12(15)17/h3-5,8,16H,6-7,14H2,1-2H3,(H2,15,17). The first-order valence-electron chi connectivity index (χ1n) is 5.83. The molecule has 4 nitrogen and oxygen atoms in total. The molecule has 2 rings (SSSR count). The van der Waals surface area contributed by atoms with Crippen molar-refractivity contribution < 1.29 is 4.79 Å². The van der Waals surface area contributed by atoms with Crippen molar-refractivity contribution in [1.29, 1.82) is 0 Å². The third-order valence-electron chi connectivity index (χ3n) is 3.57. The highest BCUT2D eigenvalue weighted by atomic mass is 16.1. The van der Waals surface area contributed by atoms with Crippen molar-refractivity contribution in [2.24, 2.45) is 17.1 Å². The fourth-order valence-corrected chi connectivity index (χ4v) is 2.08. The molecule has 5 N–H and O–H groups in total. The number of anilines is 2. The molecule has 1 aliphatic rings. The van der Waals surface area contributed by atoms with E-state index in [1.807, 2.05) is 6.07 Å². The van der Waals surface area contributed by atoms with E-state index in [1.165, 1.54) is 6.42 Å². The normalized spacial score (nSPS) is 20.9. The van der Waals surface area contributed by atoms with Crippen LogP contribution in [0.4, 0.5) is 11.4 Å². The fraction of sp³-hybridized carbons (Fsp3) is 0.462. The van der Waals surface area contributed by atoms with Crippen molar-refractivity contribution in [3.05, 3.63) is 23.8 Å². The van der Waals surface area contributed by atoms with Gasteiger partial charge in [-0.1, -0.05) is 13.8 Å². The van der Waals surface area contributed by atoms with Crippen LogP contribution in [0.3, 0.4) is 0 Å². The molecule has 0 bridgehead atoms. The number of benzene rings is 1. The molecule has 1 amide bonds. The summed E-state index contributed by atoms with van der Waals surface area (Å²) in [6.07, 6.45) is 1.22. The molecule has 17 heavy (non-hydrogen) atoms. The van der Waals surface area contributed by atoms with E-state index in [0.29, 0.717) is 22.6 Å². The molecule has 0 radical (unpaired) electrons. The van der Waals surface area contributed by atoms with Crippen molar-refractivity contribution in [1.82, 2.24) is 0 Å². The molecule has 1 unspecified atom stereocenters. The first-order chi connectivity index (χ1) is 7.90. The minimum atomic E-state index is -0.449. The summed E-state index contributed by atoms with van der Waals surface area (Å²) < 4.78 is 0. The van der Waals surface area contributed by atoms with E-state index in [0.717, 1.165) is 12.2 Å². The Hall–Kier alpha value is -1.71. The molecule has 0 heterocycles. The van der Waals surface area contributed by atoms with Crippen LogP contribution in [0.5, 0.6) is 0 Å². The van der Waals surface area contributed by atoms with Crippen LogP contribution in [0, 0.1) is 11.3 Å². The van der Waals surface area contributed by atoms with E-state index in [9.17, 15) is 4.79 Å². The zero-order valence-electron chi connectivity index (χ0n) is 10.3. The van der Waals surface area contributed by atoms with Gasteiger partial charge in [0.15, 0.2) is 0 Å². The van der Waals surface area contributed by atoms with Gasteiger partial charge in [-0.15, -0.1) is 0 Å². The van der Waals surface area contributed by atoms with E-state index in [-0.39, 0.29) is 0 Å². The van der Waals surface area contributed by atoms with Gasteiger partial charge in [0, 0.05) is 17.9 Å². The van der Waals surface area contributed by atoms with Crippen LogP contribution in [0.15, 0.2) is 18.2 Å². The number of rotatable bonds is 4. The zero-order valence-corrected chi connectivity index (χ0v) is 10.3. The number of nitrogens with two attached hydrogens (primary N) is 2. The number of nitrogen functional groups attached to an aromatic ring is 1. The number of carbonyl (C=O) groups excluding carboxylic acids is 1. The molecule has 1 fully saturated rings. The fourth-order valence-electron chi connectivity index (χ4n) is 2.08. The first-order valence-corrected chi connectivity index (χ1v) is 5.83. The van der Waals surface area contributed by atoms with Crippen LogP contribution in [-0.2, 0) is 0 Å². The van der Waals surface area contributed by atoms with Crippen LogP contribution in [0.25, 0.3) is 0 Å². The van der Waals surface area contributed by atoms with Gasteiger partial charge in [0.2, 0.25) is 0 Å². The molecule has 92 valence electrons. The van der Waals surface area contributed by atoms with Crippen LogP contribution >= 0.6 is 0 Å². The second-order valence-corrected chi connectivity index (χ2v) is 5.44. The Balaban J connectivity index is 2.08. The molecule has 1 atom stereocenters. The second-order valence-electron chi connectivity index (χ2n) is 5.44. The number of primary amides is 1. The summed E-state index contributed by atoms with van der Waals surface area (Å²) in [6.45, 7) is 5.37. The van der Waals surface area contributed by atoms with Crippen LogP contribution in [0.2, 0.25) is 0 Å². The van der Waals surface area contributed by atoms with E-state index in [4.69, 9.17) is 11.5 Å². The smallest absolute Gasteiger partial charge is 0.250 e. The van der Waals surface area contributed by atoms with Crippen molar-refractivity contribution in [3.63, 3.8) is 0 Å². The lowest BCUT2D eigenvalue weighted by Gasteiger charge is -2.11. The van der Waals surface area contributed by atoms with E-state index in [2.05, 4.69) is 19.2 Å². The molecule has 0 aliphatic heterocycles. The van der Waals surface area contributed by atoms with Crippen molar-refractivity contribution in [3.8, 4) is 0 Å². The molecule has 0 saturated heterocycles. The maximum absolute atomic E-state index is 11.3. The molecule has 1 aromatic rings. The summed E-state index contributed by atoms with van der Waals surface area (Å²) >= 11 is 0. The number of amides is 1. The van der Waals surface area contributed by atoms with Gasteiger partial charge >= 0.3 is 0 Å². The van der Waals surface area contributed by atoms with Crippen molar-refractivity contribution in [2.75, 3.05) is 17.6 Å². The summed E-state index contributed by atoms with van der Waals surface area (Å²) in [5, 5.41) is 3.28. The zero-order chi connectivity index (χ0) is 12.6. The Bertz CT molecular complexity index is 454. The van der Waals surface area contributed by atoms with Gasteiger partial charge in [0.05, 0.1) is 5.56 Å². The summed E-state index contributed by atoms with van der Waals surface area (Å²) in [5.41, 5.74) is 13.2. The summed E-state index contributed by atoms with van der Waals surface area (Å²) in [5.74, 6) is 0.218. The van der Waals surface area contributed by atoms with Crippen LogP contribution < -0.4 is 16.8 Å². The van der Waals surface area contributed by atoms with Gasteiger partial charge < -0.3 is 16.8 Å². The van der Waals surface area contributed by atoms with Crippen molar-refractivity contribution in [2.45, 2.75) is 20.3 Å². The lowest BCUT2D eigenvalue weighted by atomic mass is 10.1. The quantitative estimate of drug-likeness (QED) is 0.694. The number of hydrogen-bond acceptors (Lipinski definition) is 3. The van der Waals surface area contributed by atoms with Crippen LogP contribution in [0.1, 0.15) is 30.6 Å². The highest BCUT2D eigenvalue weighted by Crippen LogP contribution is 2.51. The molecule has 1 saturated carbocycles. The van der Waals surface area contributed by atoms with E-state index in [1.54, 1.807) is 12.1 Å². The van der Waals surface area contributed by atoms with Gasteiger partial charge in [0.25, 0.3) is 5.91 Å². The largest absolute Gasteiger partial charge is 0.399 e. The molecule has 1 aliphatic carbocycles. The third kappa shape index (κ3) is 2.52. The Morgan fingerprint density at radius 3 is 2.71 bits per heavy atom. The third-order valence-corrected chi connectivity index (χ3v) is 3.57. The number of hydrogen-bond donors (Lipinski definition) is 3. The second kappa shape index (κ2) is 3.95. The molecule has 4 heteroatoms. The van der Waals surface area contributed by atoms with E-state index >= 15 is 0 Å². The van der Waals surface area contributed by atoms with Crippen LogP contribution in [-0.4, -0.2) is 12.5 Å². The van der Waals surface area contributed by atoms with E-state index < -0.39 is 5.91 Å². The average Bonchev–Trinajstić information content (AvgIpc) is 2.84. The van der Waals surface area contributed by atoms with Gasteiger partial charge in [-0.25, -0.2) is 0 Å². The molecule has 0 aromatic heterocycles. The van der Waals surface area contributed by atoms with Gasteiger partial charge in [-0.2, -0.15) is 0 Å². The summed E-state index contributed by atoms with van der Waals surface area (Å²) in [7, 11) is 0. The maximum atomic E-state index is 11.3. The minimum Gasteiger partial charge on any atom is -0.399 e. The predicted molar refractivity (Wildman–Crippen MR) is 69.8 cm³/mol. The van der Waals surface area contributed by atoms with Crippen molar-refractivity contribution >= 4 is 17.3 Å². The van der Waals surface area contributed by atoms with Gasteiger partial charge in [0.1, 0.15) is 0 Å². The Kier molecular flexibility index (Phi) is 2.73. The summed E-state index contributed by atoms with van der Waals surface area (Å²) in [4.78, 5) is 11.3. The summed E-state index contributed by atoms with van der Waals surface area (Å²) in [6, 6.07) is 5.19. The lowest BCUT2D eigenvalue weighted by Crippen LogP contribution is -2.16. The topological polar surface area (TPSA) is 81.1 Å². The molecular formula is C13H19N3O. The van der Waals surface area contributed by atoms with Gasteiger partial charge in [-0.3, -0.25) is 4.79 Å². The molecular weight excluding hydrogens is 214 g/mol. The minimum absolute atomic E-state index is 0.424. The average molecular weight is 233 g/mol. The molecule has 1 aromatic carbocycles. The Morgan fingerprint density at radius 2 is 2.18 bits per heavy atom. The highest BCUT2D eigenvalue weighted by Gasteiger charge is 2.44. The Labute approximate surface area is 101 Å². The lowest BCUT2D eigenvalue weighted by molar-refractivity contribution is 0.100. The first kappa shape index (κ1) is 11.8. The number of nitrogens with one attached hydrogen (secondary N) is 1. The SMILES string of the molecule is CC1(C)CC1CNc1ccc(N)cc1C(N)=O. The highest BCUT2D eigenvalue weighted by molar-refractivity contribution is 5.99. The maximum Gasteiger partial charge on any atom is 0.250 e. The monoisotopic (exact) mass is 233 g/mol. The molecule has 0 spiro atoms.